The highest BCUT2D eigenvalue weighted by Crippen LogP contribution is 2.36. The molecule has 1 aliphatic heterocycles. The van der Waals surface area contributed by atoms with Crippen molar-refractivity contribution in [3.63, 3.8) is 0 Å². The van der Waals surface area contributed by atoms with Gasteiger partial charge in [-0.2, -0.15) is 0 Å². The standard InChI is InChI=1S/C14H8FNOS3/c15-9-3-1-4-10(7-9)16-13(17)12(20-14(16)18)8-11-5-2-6-19-11/h1-8H/b12-8-. The number of carbonyl (C=O) groups excluding carboxylic acids is 1. The highest BCUT2D eigenvalue weighted by atomic mass is 32.2. The maximum absolute atomic E-state index is 13.3. The molecule has 3 rings (SSSR count). The highest BCUT2D eigenvalue weighted by Gasteiger charge is 2.33. The van der Waals surface area contributed by atoms with E-state index >= 15 is 0 Å². The maximum Gasteiger partial charge on any atom is 0.270 e. The molecule has 2 heterocycles. The fourth-order valence-electron chi connectivity index (χ4n) is 1.81. The van der Waals surface area contributed by atoms with Gasteiger partial charge in [-0.25, -0.2) is 4.39 Å². The molecule has 0 atom stereocenters. The van der Waals surface area contributed by atoms with E-state index in [1.807, 2.05) is 23.6 Å². The second kappa shape index (κ2) is 5.47. The first-order valence-corrected chi connectivity index (χ1v) is 7.82. The van der Waals surface area contributed by atoms with Crippen LogP contribution in [0.5, 0.6) is 0 Å². The van der Waals surface area contributed by atoms with Crippen LogP contribution in [0.2, 0.25) is 0 Å². The van der Waals surface area contributed by atoms with Gasteiger partial charge in [0.15, 0.2) is 4.32 Å². The van der Waals surface area contributed by atoms with Crippen molar-refractivity contribution in [1.29, 1.82) is 0 Å². The number of hydrogen-bond donors (Lipinski definition) is 0. The molecule has 1 aliphatic rings. The number of hydrogen-bond acceptors (Lipinski definition) is 4. The molecule has 1 aromatic heterocycles. The average Bonchev–Trinajstić information content (AvgIpc) is 2.99. The van der Waals surface area contributed by atoms with Gasteiger partial charge in [0.1, 0.15) is 5.82 Å². The molecule has 0 N–H and O–H groups in total. The lowest BCUT2D eigenvalue weighted by atomic mass is 10.3. The first kappa shape index (κ1) is 13.5. The van der Waals surface area contributed by atoms with Crippen LogP contribution in [0, 0.1) is 5.82 Å². The van der Waals surface area contributed by atoms with Crippen LogP contribution in [0.1, 0.15) is 4.88 Å². The van der Waals surface area contributed by atoms with Crippen LogP contribution in [-0.4, -0.2) is 10.2 Å². The molecule has 6 heteroatoms. The van der Waals surface area contributed by atoms with Crippen molar-refractivity contribution in [3.8, 4) is 0 Å². The Balaban J connectivity index is 1.95. The van der Waals surface area contributed by atoms with Crippen LogP contribution in [-0.2, 0) is 4.79 Å². The van der Waals surface area contributed by atoms with E-state index in [9.17, 15) is 9.18 Å². The van der Waals surface area contributed by atoms with E-state index in [-0.39, 0.29) is 5.91 Å². The summed E-state index contributed by atoms with van der Waals surface area (Å²) in [5.41, 5.74) is 0.460. The minimum absolute atomic E-state index is 0.209. The predicted molar refractivity (Wildman–Crippen MR) is 86.4 cm³/mol. The minimum atomic E-state index is -0.390. The van der Waals surface area contributed by atoms with E-state index < -0.39 is 5.82 Å². The molecule has 1 aromatic carbocycles. The van der Waals surface area contributed by atoms with Crippen molar-refractivity contribution in [2.45, 2.75) is 0 Å². The van der Waals surface area contributed by atoms with Crippen LogP contribution in [0.4, 0.5) is 10.1 Å². The number of anilines is 1. The third-order valence-corrected chi connectivity index (χ3v) is 4.80. The molecule has 2 nitrogen and oxygen atoms in total. The van der Waals surface area contributed by atoms with Gasteiger partial charge in [-0.05, 0) is 35.7 Å². The van der Waals surface area contributed by atoms with E-state index in [1.54, 1.807) is 23.5 Å². The zero-order chi connectivity index (χ0) is 14.1. The van der Waals surface area contributed by atoms with Crippen molar-refractivity contribution in [2.75, 3.05) is 4.90 Å². The summed E-state index contributed by atoms with van der Waals surface area (Å²) in [6.07, 6.45) is 1.81. The maximum atomic E-state index is 13.3. The van der Waals surface area contributed by atoms with E-state index in [2.05, 4.69) is 0 Å². The van der Waals surface area contributed by atoms with E-state index in [1.165, 1.54) is 28.8 Å². The number of thioether (sulfide) groups is 1. The molecular formula is C14H8FNOS3. The lowest BCUT2D eigenvalue weighted by Gasteiger charge is -2.14. The molecule has 0 aliphatic carbocycles. The Kier molecular flexibility index (Phi) is 3.69. The topological polar surface area (TPSA) is 20.3 Å². The van der Waals surface area contributed by atoms with Crippen LogP contribution in [0.3, 0.4) is 0 Å². The Bertz CT molecular complexity index is 709. The van der Waals surface area contributed by atoms with Crippen molar-refractivity contribution in [3.05, 3.63) is 57.4 Å². The van der Waals surface area contributed by atoms with Crippen LogP contribution in [0.15, 0.2) is 46.7 Å². The van der Waals surface area contributed by atoms with Crippen LogP contribution in [0.25, 0.3) is 6.08 Å². The number of rotatable bonds is 2. The van der Waals surface area contributed by atoms with Gasteiger partial charge < -0.3 is 0 Å². The molecule has 0 spiro atoms. The fourth-order valence-corrected chi connectivity index (χ4v) is 3.83. The average molecular weight is 321 g/mol. The van der Waals surface area contributed by atoms with Crippen molar-refractivity contribution >= 4 is 57.3 Å². The van der Waals surface area contributed by atoms with Gasteiger partial charge in [0, 0.05) is 4.88 Å². The second-order valence-electron chi connectivity index (χ2n) is 4.01. The lowest BCUT2D eigenvalue weighted by Crippen LogP contribution is -2.27. The Labute approximate surface area is 128 Å². The number of carbonyl (C=O) groups is 1. The van der Waals surface area contributed by atoms with Gasteiger partial charge in [-0.3, -0.25) is 9.69 Å². The number of amides is 1. The summed E-state index contributed by atoms with van der Waals surface area (Å²) in [5, 5.41) is 1.94. The number of thiophene rings is 1. The van der Waals surface area contributed by atoms with Gasteiger partial charge in [0.2, 0.25) is 0 Å². The van der Waals surface area contributed by atoms with Gasteiger partial charge in [-0.15, -0.1) is 11.3 Å². The summed E-state index contributed by atoms with van der Waals surface area (Å²) >= 11 is 8.01. The second-order valence-corrected chi connectivity index (χ2v) is 6.67. The zero-order valence-electron chi connectivity index (χ0n) is 10.1. The number of benzene rings is 1. The summed E-state index contributed by atoms with van der Waals surface area (Å²) in [5.74, 6) is -0.599. The summed E-state index contributed by atoms with van der Waals surface area (Å²) in [4.78, 5) is 15.3. The van der Waals surface area contributed by atoms with Gasteiger partial charge in [0.25, 0.3) is 5.91 Å². The molecule has 20 heavy (non-hydrogen) atoms. The molecule has 1 saturated heterocycles. The molecule has 0 unspecified atom stereocenters. The smallest absolute Gasteiger partial charge is 0.268 e. The molecule has 0 bridgehead atoms. The number of thiocarbonyl (C=S) groups is 1. The van der Waals surface area contributed by atoms with Crippen molar-refractivity contribution < 1.29 is 9.18 Å². The molecule has 1 amide bonds. The molecule has 0 saturated carbocycles. The monoisotopic (exact) mass is 321 g/mol. The normalized spacial score (nSPS) is 17.2. The lowest BCUT2D eigenvalue weighted by molar-refractivity contribution is -0.113. The van der Waals surface area contributed by atoms with Crippen LogP contribution < -0.4 is 4.90 Å². The molecule has 1 fully saturated rings. The first-order valence-electron chi connectivity index (χ1n) is 5.72. The summed E-state index contributed by atoms with van der Waals surface area (Å²) in [6, 6.07) is 9.72. The zero-order valence-corrected chi connectivity index (χ0v) is 12.5. The molecule has 2 aromatic rings. The highest BCUT2D eigenvalue weighted by molar-refractivity contribution is 8.27. The van der Waals surface area contributed by atoms with Crippen molar-refractivity contribution in [2.24, 2.45) is 0 Å². The molecule has 0 radical (unpaired) electrons. The number of nitrogens with zero attached hydrogens (tertiary/aromatic N) is 1. The Morgan fingerprint density at radius 1 is 1.25 bits per heavy atom. The predicted octanol–water partition coefficient (Wildman–Crippen LogP) is 4.29. The molecule has 100 valence electrons. The van der Waals surface area contributed by atoms with E-state index in [4.69, 9.17) is 12.2 Å². The van der Waals surface area contributed by atoms with E-state index in [0.29, 0.717) is 14.9 Å². The minimum Gasteiger partial charge on any atom is -0.268 e. The largest absolute Gasteiger partial charge is 0.270 e. The third kappa shape index (κ3) is 2.54. The summed E-state index contributed by atoms with van der Waals surface area (Å²) in [6.45, 7) is 0. The van der Waals surface area contributed by atoms with Gasteiger partial charge in [0.05, 0.1) is 10.6 Å². The Morgan fingerprint density at radius 3 is 2.80 bits per heavy atom. The van der Waals surface area contributed by atoms with Gasteiger partial charge >= 0.3 is 0 Å². The quantitative estimate of drug-likeness (QED) is 0.608. The number of halogens is 1. The Hall–Kier alpha value is -1.50. The van der Waals surface area contributed by atoms with E-state index in [0.717, 1.165) is 4.88 Å². The summed E-state index contributed by atoms with van der Waals surface area (Å²) in [7, 11) is 0. The first-order chi connectivity index (χ1) is 9.65. The Morgan fingerprint density at radius 2 is 2.10 bits per heavy atom. The third-order valence-electron chi connectivity index (χ3n) is 2.68. The molecular weight excluding hydrogens is 313 g/mol. The SMILES string of the molecule is O=C1/C(=C/c2cccs2)SC(=S)N1c1cccc(F)c1. The fraction of sp³-hybridized carbons (Fsp3) is 0. The van der Waals surface area contributed by atoms with Crippen molar-refractivity contribution in [1.82, 2.24) is 0 Å². The summed E-state index contributed by atoms with van der Waals surface area (Å²) < 4.78 is 13.7. The van der Waals surface area contributed by atoms with Crippen LogP contribution >= 0.6 is 35.3 Å². The van der Waals surface area contributed by atoms with Gasteiger partial charge in [-0.1, -0.05) is 36.1 Å².